The topological polar surface area (TPSA) is 237 Å². The van der Waals surface area contributed by atoms with Gasteiger partial charge in [-0.1, -0.05) is 266 Å². The normalized spacial score (nSPS) is 14.6. The summed E-state index contributed by atoms with van der Waals surface area (Å²) < 4.78 is 67.8. The van der Waals surface area contributed by atoms with E-state index in [9.17, 15) is 43.2 Å². The molecule has 0 bridgehead atoms. The average Bonchev–Trinajstić information content (AvgIpc) is 3.46. The van der Waals surface area contributed by atoms with Gasteiger partial charge in [0.05, 0.1) is 26.4 Å². The minimum absolute atomic E-state index is 0.106. The lowest BCUT2D eigenvalue weighted by Crippen LogP contribution is -2.30. The molecule has 0 aromatic carbocycles. The van der Waals surface area contributed by atoms with Crippen LogP contribution < -0.4 is 0 Å². The molecule has 0 saturated carbocycles. The highest BCUT2D eigenvalue weighted by Gasteiger charge is 2.30. The Morgan fingerprint density at radius 2 is 0.614 bits per heavy atom. The van der Waals surface area contributed by atoms with E-state index >= 15 is 0 Å². The number of phosphoric acid groups is 2. The summed E-state index contributed by atoms with van der Waals surface area (Å²) in [5.74, 6) is -0.589. The number of unbranched alkanes of at least 4 members (excludes halogenated alkanes) is 32. The summed E-state index contributed by atoms with van der Waals surface area (Å²) in [4.78, 5) is 72.0. The Morgan fingerprint density at radius 3 is 0.916 bits per heavy atom. The zero-order valence-electron chi connectivity index (χ0n) is 53.5. The van der Waals surface area contributed by atoms with Gasteiger partial charge in [-0.2, -0.15) is 0 Å². The second-order valence-electron chi connectivity index (χ2n) is 23.9. The van der Waals surface area contributed by atoms with E-state index in [2.05, 4.69) is 41.5 Å². The Hall–Kier alpha value is -1.94. The average molecular weight is 1230 g/mol. The number of phosphoric ester groups is 2. The van der Waals surface area contributed by atoms with Crippen LogP contribution in [0.15, 0.2) is 0 Å². The molecule has 0 spiro atoms. The molecule has 19 heteroatoms. The lowest BCUT2D eigenvalue weighted by atomic mass is 9.99. The number of hydrogen-bond donors (Lipinski definition) is 3. The largest absolute Gasteiger partial charge is 0.472 e. The number of aliphatic hydroxyl groups is 1. The van der Waals surface area contributed by atoms with E-state index < -0.39 is 97.5 Å². The third-order valence-electron chi connectivity index (χ3n) is 15.1. The summed E-state index contributed by atoms with van der Waals surface area (Å²) in [5, 5.41) is 10.5. The second kappa shape index (κ2) is 56.6. The first kappa shape index (κ1) is 81.1. The first-order valence-corrected chi connectivity index (χ1v) is 36.5. The Labute approximate surface area is 505 Å². The van der Waals surface area contributed by atoms with Gasteiger partial charge in [0.2, 0.25) is 0 Å². The van der Waals surface area contributed by atoms with Crippen molar-refractivity contribution in [2.75, 3.05) is 39.6 Å². The van der Waals surface area contributed by atoms with E-state index in [1.807, 2.05) is 0 Å². The van der Waals surface area contributed by atoms with Crippen molar-refractivity contribution in [3.8, 4) is 0 Å². The molecule has 0 heterocycles. The maximum atomic E-state index is 13.0. The van der Waals surface area contributed by atoms with Crippen molar-refractivity contribution in [3.05, 3.63) is 0 Å². The standard InChI is InChI=1S/C64H124O17P2/c1-7-10-12-14-15-16-19-23-30-36-42-48-63(68)80-59(52-74-61(66)46-40-32-13-11-8-2)54-78-82(70,71)76-50-58(65)51-77-83(72,73)79-55-60(53-75-62(67)47-41-35-29-26-25-28-34-39-45-57(6)9-3)81-64(69)49-43-37-31-24-21-18-17-20-22-27-33-38-44-56(4)5/h56-60,65H,7-55H2,1-6H3,(H,70,71)(H,72,73)/t57?,58-,59+,60+/m0/s1. The maximum Gasteiger partial charge on any atom is 0.472 e. The molecule has 17 nitrogen and oxygen atoms in total. The van der Waals surface area contributed by atoms with E-state index in [-0.39, 0.29) is 25.7 Å². The van der Waals surface area contributed by atoms with Crippen LogP contribution >= 0.6 is 15.6 Å². The Balaban J connectivity index is 5.18. The van der Waals surface area contributed by atoms with Gasteiger partial charge in [-0.25, -0.2) is 9.13 Å². The van der Waals surface area contributed by atoms with Crippen molar-refractivity contribution in [1.29, 1.82) is 0 Å². The van der Waals surface area contributed by atoms with Gasteiger partial charge in [0.1, 0.15) is 19.3 Å². The minimum atomic E-state index is -4.94. The molecule has 0 aliphatic heterocycles. The fourth-order valence-electron chi connectivity index (χ4n) is 9.50. The predicted octanol–water partition coefficient (Wildman–Crippen LogP) is 17.7. The number of carbonyl (C=O) groups is 4. The Morgan fingerprint density at radius 1 is 0.349 bits per heavy atom. The van der Waals surface area contributed by atoms with E-state index in [1.165, 1.54) is 128 Å². The number of hydrogen-bond acceptors (Lipinski definition) is 15. The van der Waals surface area contributed by atoms with Crippen LogP contribution in [0.4, 0.5) is 0 Å². The highest BCUT2D eigenvalue weighted by Crippen LogP contribution is 2.45. The van der Waals surface area contributed by atoms with Gasteiger partial charge in [0.25, 0.3) is 0 Å². The molecule has 83 heavy (non-hydrogen) atoms. The lowest BCUT2D eigenvalue weighted by molar-refractivity contribution is -0.161. The van der Waals surface area contributed by atoms with Crippen molar-refractivity contribution in [1.82, 2.24) is 0 Å². The zero-order chi connectivity index (χ0) is 61.5. The molecule has 0 aromatic heterocycles. The van der Waals surface area contributed by atoms with Gasteiger partial charge in [0.15, 0.2) is 12.2 Å². The van der Waals surface area contributed by atoms with E-state index in [0.717, 1.165) is 108 Å². The number of aliphatic hydroxyl groups excluding tert-OH is 1. The van der Waals surface area contributed by atoms with Crippen LogP contribution in [0.5, 0.6) is 0 Å². The number of carbonyl (C=O) groups excluding carboxylic acids is 4. The Bertz CT molecular complexity index is 1630. The van der Waals surface area contributed by atoms with Gasteiger partial charge in [-0.15, -0.1) is 0 Å². The quantitative estimate of drug-likeness (QED) is 0.0222. The van der Waals surface area contributed by atoms with Crippen LogP contribution in [0.2, 0.25) is 0 Å². The lowest BCUT2D eigenvalue weighted by Gasteiger charge is -2.21. The van der Waals surface area contributed by atoms with Crippen LogP contribution in [-0.4, -0.2) is 96.7 Å². The predicted molar refractivity (Wildman–Crippen MR) is 331 cm³/mol. The molecule has 6 atom stereocenters. The molecule has 0 aliphatic carbocycles. The van der Waals surface area contributed by atoms with E-state index in [1.54, 1.807) is 0 Å². The van der Waals surface area contributed by atoms with Crippen LogP contribution in [-0.2, 0) is 65.4 Å². The molecule has 3 N–H and O–H groups in total. The summed E-state index contributed by atoms with van der Waals surface area (Å²) in [6, 6.07) is 0. The summed E-state index contributed by atoms with van der Waals surface area (Å²) in [6.45, 7) is 9.42. The number of rotatable bonds is 63. The van der Waals surface area contributed by atoms with Gasteiger partial charge in [-0.3, -0.25) is 37.3 Å². The number of esters is 4. The molecular weight excluding hydrogens is 1100 g/mol. The monoisotopic (exact) mass is 1230 g/mol. The summed E-state index contributed by atoms with van der Waals surface area (Å²) in [6.07, 6.45) is 39.2. The summed E-state index contributed by atoms with van der Waals surface area (Å²) in [7, 11) is -9.88. The van der Waals surface area contributed by atoms with Crippen molar-refractivity contribution in [2.45, 2.75) is 336 Å². The SMILES string of the molecule is CCCCCCCCCCCCCC(=O)O[C@H](COC(=O)CCCCCCC)COP(=O)(O)OC[C@H](O)COP(=O)(O)OC[C@@H](COC(=O)CCCCCCCCCCC(C)CC)OC(=O)CCCCCCCCCCCCCCC(C)C. The molecule has 3 unspecified atom stereocenters. The van der Waals surface area contributed by atoms with Crippen molar-refractivity contribution in [3.63, 3.8) is 0 Å². The highest BCUT2D eigenvalue weighted by molar-refractivity contribution is 7.47. The molecule has 0 aromatic rings. The van der Waals surface area contributed by atoms with Crippen molar-refractivity contribution in [2.24, 2.45) is 11.8 Å². The van der Waals surface area contributed by atoms with Crippen molar-refractivity contribution >= 4 is 39.5 Å². The highest BCUT2D eigenvalue weighted by atomic mass is 31.2. The molecule has 492 valence electrons. The van der Waals surface area contributed by atoms with Gasteiger partial charge in [0, 0.05) is 25.7 Å². The van der Waals surface area contributed by atoms with E-state index in [0.29, 0.717) is 25.7 Å². The molecule has 0 rings (SSSR count). The third-order valence-corrected chi connectivity index (χ3v) is 17.0. The smallest absolute Gasteiger partial charge is 0.462 e. The molecular formula is C64H124O17P2. The molecule has 0 amide bonds. The van der Waals surface area contributed by atoms with Gasteiger partial charge >= 0.3 is 39.5 Å². The number of ether oxygens (including phenoxy) is 4. The third kappa shape index (κ3) is 57.6. The van der Waals surface area contributed by atoms with Crippen LogP contribution in [0.1, 0.15) is 318 Å². The summed E-state index contributed by atoms with van der Waals surface area (Å²) >= 11 is 0. The van der Waals surface area contributed by atoms with Crippen LogP contribution in [0.25, 0.3) is 0 Å². The minimum Gasteiger partial charge on any atom is -0.462 e. The second-order valence-corrected chi connectivity index (χ2v) is 26.8. The van der Waals surface area contributed by atoms with Crippen LogP contribution in [0.3, 0.4) is 0 Å². The maximum absolute atomic E-state index is 13.0. The molecule has 0 fully saturated rings. The fraction of sp³-hybridized carbons (Fsp3) is 0.938. The molecule has 0 aliphatic rings. The molecule has 0 saturated heterocycles. The van der Waals surface area contributed by atoms with E-state index in [4.69, 9.17) is 37.0 Å². The first-order chi connectivity index (χ1) is 39.9. The van der Waals surface area contributed by atoms with Crippen molar-refractivity contribution < 1.29 is 80.2 Å². The fourth-order valence-corrected chi connectivity index (χ4v) is 11.1. The van der Waals surface area contributed by atoms with Gasteiger partial charge < -0.3 is 33.8 Å². The zero-order valence-corrected chi connectivity index (χ0v) is 55.3. The van der Waals surface area contributed by atoms with Gasteiger partial charge in [-0.05, 0) is 37.5 Å². The first-order valence-electron chi connectivity index (χ1n) is 33.5. The Kier molecular flexibility index (Phi) is 55.2. The summed E-state index contributed by atoms with van der Waals surface area (Å²) in [5.41, 5.74) is 0. The van der Waals surface area contributed by atoms with Crippen LogP contribution in [0, 0.1) is 11.8 Å². The molecule has 0 radical (unpaired) electrons.